The molecule has 1 aromatic rings. The van der Waals surface area contributed by atoms with E-state index in [1.807, 2.05) is 20.8 Å². The summed E-state index contributed by atoms with van der Waals surface area (Å²) in [5.41, 5.74) is 0.330. The largest absolute Gasteiger partial charge is 0.348 e. The lowest BCUT2D eigenvalue weighted by molar-refractivity contribution is 0.0925. The molecule has 7 heteroatoms. The highest BCUT2D eigenvalue weighted by Gasteiger charge is 2.30. The molecule has 112 valence electrons. The Hall–Kier alpha value is -1.34. The minimum Gasteiger partial charge on any atom is -0.348 e. The molecule has 0 bridgehead atoms. The second-order valence-electron chi connectivity index (χ2n) is 5.71. The summed E-state index contributed by atoms with van der Waals surface area (Å²) >= 11 is 0. The summed E-state index contributed by atoms with van der Waals surface area (Å²) in [7, 11) is -3.80. The Morgan fingerprint density at radius 3 is 2.45 bits per heavy atom. The van der Waals surface area contributed by atoms with Crippen LogP contribution >= 0.6 is 0 Å². The summed E-state index contributed by atoms with van der Waals surface area (Å²) in [5.74, 6) is 0.284. The van der Waals surface area contributed by atoms with E-state index in [0.29, 0.717) is 11.6 Å². The Labute approximate surface area is 119 Å². The van der Waals surface area contributed by atoms with Gasteiger partial charge in [0, 0.05) is 18.3 Å². The van der Waals surface area contributed by atoms with E-state index >= 15 is 0 Å². The van der Waals surface area contributed by atoms with Crippen LogP contribution in [0.3, 0.4) is 0 Å². The molecule has 2 rings (SSSR count). The van der Waals surface area contributed by atoms with E-state index in [1.54, 1.807) is 4.57 Å². The molecule has 1 saturated carbocycles. The molecule has 1 aliphatic carbocycles. The SMILES string of the molecule is CC(NC(=O)c1cc(S(N)(=O)=O)cn1C(C)C)C1CC1. The molecule has 1 amide bonds. The number of nitrogens with one attached hydrogen (secondary N) is 1. The van der Waals surface area contributed by atoms with Gasteiger partial charge in [0.25, 0.3) is 5.91 Å². The van der Waals surface area contributed by atoms with Gasteiger partial charge in [-0.3, -0.25) is 4.79 Å². The summed E-state index contributed by atoms with van der Waals surface area (Å²) in [6, 6.07) is 1.42. The van der Waals surface area contributed by atoms with Gasteiger partial charge in [0.1, 0.15) is 10.6 Å². The van der Waals surface area contributed by atoms with Crippen LogP contribution in [-0.2, 0) is 10.0 Å². The predicted molar refractivity (Wildman–Crippen MR) is 75.8 cm³/mol. The van der Waals surface area contributed by atoms with E-state index in [4.69, 9.17) is 5.14 Å². The number of nitrogens with two attached hydrogens (primary N) is 1. The van der Waals surface area contributed by atoms with Crippen LogP contribution in [0, 0.1) is 5.92 Å². The minimum atomic E-state index is -3.80. The van der Waals surface area contributed by atoms with E-state index in [1.165, 1.54) is 12.3 Å². The first-order valence-electron chi connectivity index (χ1n) is 6.75. The molecule has 20 heavy (non-hydrogen) atoms. The maximum atomic E-state index is 12.3. The molecule has 1 heterocycles. The third-order valence-electron chi connectivity index (χ3n) is 3.63. The molecule has 1 unspecified atom stereocenters. The first kappa shape index (κ1) is 15.1. The minimum absolute atomic E-state index is 0.0255. The fourth-order valence-corrected chi connectivity index (χ4v) is 2.75. The molecule has 0 saturated heterocycles. The summed E-state index contributed by atoms with van der Waals surface area (Å²) in [4.78, 5) is 12.3. The Kier molecular flexibility index (Phi) is 3.93. The van der Waals surface area contributed by atoms with Crippen molar-refractivity contribution in [3.05, 3.63) is 18.0 Å². The average Bonchev–Trinajstić information content (AvgIpc) is 3.04. The molecule has 0 radical (unpaired) electrons. The van der Waals surface area contributed by atoms with E-state index in [0.717, 1.165) is 12.8 Å². The van der Waals surface area contributed by atoms with Crippen LogP contribution in [0.1, 0.15) is 50.1 Å². The molecular weight excluding hydrogens is 278 g/mol. The van der Waals surface area contributed by atoms with E-state index in [-0.39, 0.29) is 22.9 Å². The van der Waals surface area contributed by atoms with Gasteiger partial charge in [0.15, 0.2) is 0 Å². The molecule has 0 aromatic carbocycles. The Morgan fingerprint density at radius 1 is 1.40 bits per heavy atom. The number of hydrogen-bond donors (Lipinski definition) is 2. The number of rotatable bonds is 5. The Bertz CT molecular complexity index is 615. The van der Waals surface area contributed by atoms with Gasteiger partial charge in [-0.1, -0.05) is 0 Å². The maximum absolute atomic E-state index is 12.3. The fraction of sp³-hybridized carbons (Fsp3) is 0.615. The van der Waals surface area contributed by atoms with Gasteiger partial charge in [-0.25, -0.2) is 13.6 Å². The summed E-state index contributed by atoms with van der Waals surface area (Å²) in [6.45, 7) is 5.74. The second kappa shape index (κ2) is 5.21. The summed E-state index contributed by atoms with van der Waals surface area (Å²) in [5, 5.41) is 8.05. The van der Waals surface area contributed by atoms with Gasteiger partial charge in [-0.05, 0) is 45.6 Å². The normalized spacial score (nSPS) is 17.2. The first-order chi connectivity index (χ1) is 9.20. The highest BCUT2D eigenvalue weighted by molar-refractivity contribution is 7.89. The second-order valence-corrected chi connectivity index (χ2v) is 7.27. The lowest BCUT2D eigenvalue weighted by Crippen LogP contribution is -2.35. The Morgan fingerprint density at radius 2 is 2.00 bits per heavy atom. The van der Waals surface area contributed by atoms with Crippen molar-refractivity contribution in [3.8, 4) is 0 Å². The number of aromatic nitrogens is 1. The number of sulfonamides is 1. The molecule has 3 N–H and O–H groups in total. The van der Waals surface area contributed by atoms with Crippen LogP contribution in [-0.4, -0.2) is 24.9 Å². The van der Waals surface area contributed by atoms with Crippen molar-refractivity contribution in [1.29, 1.82) is 0 Å². The van der Waals surface area contributed by atoms with E-state index in [9.17, 15) is 13.2 Å². The molecule has 1 atom stereocenters. The van der Waals surface area contributed by atoms with Crippen LogP contribution in [0.4, 0.5) is 0 Å². The van der Waals surface area contributed by atoms with Crippen molar-refractivity contribution in [3.63, 3.8) is 0 Å². The molecular formula is C13H21N3O3S. The third-order valence-corrected chi connectivity index (χ3v) is 4.51. The van der Waals surface area contributed by atoms with Gasteiger partial charge in [-0.2, -0.15) is 0 Å². The van der Waals surface area contributed by atoms with Gasteiger partial charge in [0.05, 0.1) is 0 Å². The van der Waals surface area contributed by atoms with Crippen LogP contribution < -0.4 is 10.5 Å². The lowest BCUT2D eigenvalue weighted by atomic mass is 10.2. The predicted octanol–water partition coefficient (Wildman–Crippen LogP) is 1.24. The zero-order valence-electron chi connectivity index (χ0n) is 12.0. The number of hydrogen-bond acceptors (Lipinski definition) is 3. The molecule has 1 aliphatic rings. The number of carbonyl (C=O) groups is 1. The third kappa shape index (κ3) is 3.21. The zero-order chi connectivity index (χ0) is 15.1. The molecule has 6 nitrogen and oxygen atoms in total. The standard InChI is InChI=1S/C13H21N3O3S/c1-8(2)16-7-11(20(14,18)19)6-12(16)13(17)15-9(3)10-4-5-10/h6-10H,4-5H2,1-3H3,(H,15,17)(H2,14,18,19). The molecule has 1 aromatic heterocycles. The van der Waals surface area contributed by atoms with E-state index < -0.39 is 10.0 Å². The lowest BCUT2D eigenvalue weighted by Gasteiger charge is -2.16. The number of carbonyl (C=O) groups excluding carboxylic acids is 1. The van der Waals surface area contributed by atoms with Gasteiger partial charge in [0.2, 0.25) is 10.0 Å². The van der Waals surface area contributed by atoms with Crippen LogP contribution in [0.15, 0.2) is 17.2 Å². The van der Waals surface area contributed by atoms with Gasteiger partial charge < -0.3 is 9.88 Å². The van der Waals surface area contributed by atoms with Crippen molar-refractivity contribution in [2.45, 2.75) is 50.6 Å². The molecule has 1 fully saturated rings. The van der Waals surface area contributed by atoms with Gasteiger partial charge >= 0.3 is 0 Å². The van der Waals surface area contributed by atoms with Crippen molar-refractivity contribution < 1.29 is 13.2 Å². The smallest absolute Gasteiger partial charge is 0.268 e. The topological polar surface area (TPSA) is 94.2 Å². The molecule has 0 spiro atoms. The maximum Gasteiger partial charge on any atom is 0.268 e. The fourth-order valence-electron chi connectivity index (χ4n) is 2.21. The van der Waals surface area contributed by atoms with Crippen molar-refractivity contribution in [2.24, 2.45) is 11.1 Å². The van der Waals surface area contributed by atoms with Crippen LogP contribution in [0.25, 0.3) is 0 Å². The summed E-state index contributed by atoms with van der Waals surface area (Å²) in [6.07, 6.45) is 3.68. The highest BCUT2D eigenvalue weighted by atomic mass is 32.2. The van der Waals surface area contributed by atoms with Crippen molar-refractivity contribution in [2.75, 3.05) is 0 Å². The van der Waals surface area contributed by atoms with Crippen molar-refractivity contribution in [1.82, 2.24) is 9.88 Å². The first-order valence-corrected chi connectivity index (χ1v) is 8.30. The highest BCUT2D eigenvalue weighted by Crippen LogP contribution is 2.32. The molecule has 0 aliphatic heterocycles. The van der Waals surface area contributed by atoms with Crippen LogP contribution in [0.2, 0.25) is 0 Å². The van der Waals surface area contributed by atoms with E-state index in [2.05, 4.69) is 5.32 Å². The Balaban J connectivity index is 2.28. The number of amides is 1. The average molecular weight is 299 g/mol. The van der Waals surface area contributed by atoms with Crippen molar-refractivity contribution >= 4 is 15.9 Å². The zero-order valence-corrected chi connectivity index (χ0v) is 12.8. The number of nitrogens with zero attached hydrogens (tertiary/aromatic N) is 1. The number of primary sulfonamides is 1. The van der Waals surface area contributed by atoms with Crippen LogP contribution in [0.5, 0.6) is 0 Å². The quantitative estimate of drug-likeness (QED) is 0.856. The monoisotopic (exact) mass is 299 g/mol. The van der Waals surface area contributed by atoms with Gasteiger partial charge in [-0.15, -0.1) is 0 Å². The summed E-state index contributed by atoms with van der Waals surface area (Å²) < 4.78 is 24.5.